The maximum Gasteiger partial charge on any atom is 0.305 e. The molecular formula is C46H50BrFN4O14S. The topological polar surface area (TPSA) is 300 Å². The predicted molar refractivity (Wildman–Crippen MR) is 241 cm³/mol. The fourth-order valence-electron chi connectivity index (χ4n) is 7.34. The number of hydrogen-bond donors (Lipinski definition) is 7. The van der Waals surface area contributed by atoms with E-state index < -0.39 is 144 Å². The molecule has 0 aliphatic carbocycles. The van der Waals surface area contributed by atoms with Crippen LogP contribution in [0.3, 0.4) is 0 Å². The van der Waals surface area contributed by atoms with Crippen molar-refractivity contribution in [3.05, 3.63) is 100 Å². The van der Waals surface area contributed by atoms with Crippen LogP contribution in [0.4, 0.5) is 4.39 Å². The van der Waals surface area contributed by atoms with Gasteiger partial charge in [0, 0.05) is 77.9 Å². The van der Waals surface area contributed by atoms with Crippen molar-refractivity contribution in [1.29, 1.82) is 0 Å². The lowest BCUT2D eigenvalue weighted by molar-refractivity contribution is -0.140. The van der Waals surface area contributed by atoms with Crippen LogP contribution in [-0.4, -0.2) is 100 Å². The first-order chi connectivity index (χ1) is 31.6. The van der Waals surface area contributed by atoms with Crippen molar-refractivity contribution in [1.82, 2.24) is 20.3 Å². The van der Waals surface area contributed by atoms with Crippen molar-refractivity contribution in [3.8, 4) is 0 Å². The minimum absolute atomic E-state index is 0.0791. The summed E-state index contributed by atoms with van der Waals surface area (Å²) in [4.78, 5) is 119. The Morgan fingerprint density at radius 2 is 1.33 bits per heavy atom. The van der Waals surface area contributed by atoms with E-state index in [1.54, 1.807) is 30.5 Å². The molecule has 18 nitrogen and oxygen atoms in total. The number of carboxylic acids is 3. The number of H-pyrrole nitrogens is 1. The van der Waals surface area contributed by atoms with Crippen LogP contribution in [0.25, 0.3) is 10.9 Å². The van der Waals surface area contributed by atoms with Crippen LogP contribution >= 0.6 is 15.9 Å². The van der Waals surface area contributed by atoms with Gasteiger partial charge in [0.25, 0.3) is 0 Å². The Hall–Kier alpha value is -6.45. The average Bonchev–Trinajstić information content (AvgIpc) is 3.66. The van der Waals surface area contributed by atoms with Gasteiger partial charge < -0.3 is 30.9 Å². The number of Topliss-reactive ketones (excluding diaryl/α,β-unsaturated/α-hetero) is 4. The molecule has 3 aromatic carbocycles. The molecule has 21 heteroatoms. The molecule has 0 aliphatic heterocycles. The van der Waals surface area contributed by atoms with Gasteiger partial charge in [0.2, 0.25) is 21.8 Å². The highest BCUT2D eigenvalue weighted by Crippen LogP contribution is 2.24. The van der Waals surface area contributed by atoms with Gasteiger partial charge in [-0.2, -0.15) is 0 Å². The number of para-hydroxylation sites is 1. The number of nitrogens with one attached hydrogen (secondary N) is 4. The molecule has 0 aliphatic rings. The Morgan fingerprint density at radius 1 is 0.701 bits per heavy atom. The van der Waals surface area contributed by atoms with Crippen LogP contribution in [0.5, 0.6) is 0 Å². The summed E-state index contributed by atoms with van der Waals surface area (Å²) in [5.74, 6) is -13.2. The molecule has 67 heavy (non-hydrogen) atoms. The minimum Gasteiger partial charge on any atom is -0.481 e. The zero-order valence-electron chi connectivity index (χ0n) is 36.2. The summed E-state index contributed by atoms with van der Waals surface area (Å²) in [5.41, 5.74) is 1.64. The van der Waals surface area contributed by atoms with E-state index in [9.17, 15) is 71.3 Å². The number of fused-ring (bicyclic) bond motifs is 1. The van der Waals surface area contributed by atoms with Gasteiger partial charge in [-0.1, -0.05) is 46.3 Å². The van der Waals surface area contributed by atoms with Gasteiger partial charge in [-0.3, -0.25) is 43.2 Å². The number of rotatable bonds is 29. The summed E-state index contributed by atoms with van der Waals surface area (Å²) in [5, 5.41) is 33.9. The number of aliphatic carboxylic acids is 3. The molecular weight excluding hydrogens is 963 g/mol. The van der Waals surface area contributed by atoms with E-state index in [0.29, 0.717) is 15.6 Å². The molecule has 2 amide bonds. The number of carbonyl (C=O) groups is 9. The second kappa shape index (κ2) is 24.9. The number of carboxylic acid groups (broad SMARTS) is 3. The van der Waals surface area contributed by atoms with Gasteiger partial charge in [0.05, 0.1) is 29.9 Å². The smallest absolute Gasteiger partial charge is 0.305 e. The lowest BCUT2D eigenvalue weighted by Gasteiger charge is -2.24. The van der Waals surface area contributed by atoms with E-state index in [0.717, 1.165) is 23.0 Å². The zero-order valence-corrected chi connectivity index (χ0v) is 38.6. The average molecular weight is 1010 g/mol. The van der Waals surface area contributed by atoms with Gasteiger partial charge in [0.1, 0.15) is 11.6 Å². The van der Waals surface area contributed by atoms with Crippen molar-refractivity contribution in [2.45, 2.75) is 88.1 Å². The number of carbonyl (C=O) groups excluding carboxylic acids is 6. The monoisotopic (exact) mass is 1010 g/mol. The Bertz CT molecular complexity index is 2600. The number of aromatic amines is 1. The molecule has 0 saturated carbocycles. The van der Waals surface area contributed by atoms with Gasteiger partial charge in [-0.15, -0.1) is 0 Å². The van der Waals surface area contributed by atoms with E-state index >= 15 is 0 Å². The van der Waals surface area contributed by atoms with Gasteiger partial charge >= 0.3 is 17.9 Å². The Morgan fingerprint density at radius 3 is 1.96 bits per heavy atom. The van der Waals surface area contributed by atoms with Gasteiger partial charge in [-0.05, 0) is 79.8 Å². The van der Waals surface area contributed by atoms with E-state index in [2.05, 4.69) is 31.5 Å². The summed E-state index contributed by atoms with van der Waals surface area (Å²) < 4.78 is 43.1. The SMILES string of the molecule is CC(=O)[C@H](CCC(=O)O)CC(=O)[C@H](Cc1c[nH]c2ccccc12)NC(=O)[C@@H](CC(=O)CNC(=O)[C@H](CCC(=O)O)CC(=O)[C@@H](CC(=O)O)NS(=O)(=O)c1ccc(Br)cc1)Cc1cccc(F)c1. The molecule has 0 saturated heterocycles. The molecule has 4 aromatic rings. The number of ketones is 4. The lowest BCUT2D eigenvalue weighted by atomic mass is 9.88. The fraction of sp³-hybridized carbons (Fsp3) is 0.370. The third-order valence-electron chi connectivity index (χ3n) is 10.9. The molecule has 4 rings (SSSR count). The quantitative estimate of drug-likeness (QED) is 0.0399. The Labute approximate surface area is 392 Å². The summed E-state index contributed by atoms with van der Waals surface area (Å²) in [6.45, 7) is 0.463. The molecule has 0 unspecified atom stereocenters. The maximum absolute atomic E-state index is 14.4. The molecule has 0 radical (unpaired) electrons. The molecule has 358 valence electrons. The first-order valence-electron chi connectivity index (χ1n) is 21.0. The van der Waals surface area contributed by atoms with Crippen LogP contribution in [0.15, 0.2) is 88.4 Å². The number of halogens is 2. The minimum atomic E-state index is -4.46. The highest BCUT2D eigenvalue weighted by Gasteiger charge is 2.34. The molecule has 0 fully saturated rings. The lowest BCUT2D eigenvalue weighted by Crippen LogP contribution is -2.47. The molecule has 7 N–H and O–H groups in total. The second-order valence-corrected chi connectivity index (χ2v) is 18.7. The summed E-state index contributed by atoms with van der Waals surface area (Å²) in [7, 11) is -4.46. The fourth-order valence-corrected chi connectivity index (χ4v) is 8.83. The molecule has 0 spiro atoms. The van der Waals surface area contributed by atoms with Crippen LogP contribution in [0.1, 0.15) is 69.4 Å². The second-order valence-electron chi connectivity index (χ2n) is 16.1. The number of hydrogen-bond acceptors (Lipinski definition) is 11. The first-order valence-corrected chi connectivity index (χ1v) is 23.3. The first kappa shape index (κ1) is 53.2. The number of aromatic nitrogens is 1. The summed E-state index contributed by atoms with van der Waals surface area (Å²) >= 11 is 3.17. The number of benzene rings is 3. The molecule has 1 heterocycles. The van der Waals surface area contributed by atoms with E-state index in [1.807, 2.05) is 4.72 Å². The van der Waals surface area contributed by atoms with Crippen molar-refractivity contribution in [2.75, 3.05) is 6.54 Å². The summed E-state index contributed by atoms with van der Waals surface area (Å²) in [6.07, 6.45) is -3.16. The predicted octanol–water partition coefficient (Wildman–Crippen LogP) is 4.32. The molecule has 5 atom stereocenters. The van der Waals surface area contributed by atoms with Crippen molar-refractivity contribution in [3.63, 3.8) is 0 Å². The van der Waals surface area contributed by atoms with E-state index in [-0.39, 0.29) is 30.6 Å². The number of sulfonamides is 1. The van der Waals surface area contributed by atoms with Crippen LogP contribution in [0, 0.1) is 23.6 Å². The standard InChI is InChI=1S/C46H50BrFN4O14S/c1-26(53)28(9-15-42(57)58)21-40(55)38(20-31-24-49-37-8-3-2-7-36(31)37)51-46(64)30(17-27-5-4-6-33(48)18-27)19-34(54)25-50-45(63)29(10-16-43(59)60)22-41(56)39(23-44(61)62)52-67(65,66)35-13-11-32(47)12-14-35/h2-8,11-14,18,24,28-30,38-39,49,52H,9-10,15-17,19-23,25H2,1H3,(H,50,63)(H,51,64)(H,57,58)(H,59,60)(H,61,62)/t28-,29-,30-,38+,39-/m1/s1. The Kier molecular flexibility index (Phi) is 19.8. The van der Waals surface area contributed by atoms with Gasteiger partial charge in [-0.25, -0.2) is 17.5 Å². The highest BCUT2D eigenvalue weighted by molar-refractivity contribution is 9.10. The van der Waals surface area contributed by atoms with Crippen molar-refractivity contribution in [2.24, 2.45) is 17.8 Å². The number of amides is 2. The van der Waals surface area contributed by atoms with Crippen molar-refractivity contribution >= 4 is 89.7 Å². The summed E-state index contributed by atoms with van der Waals surface area (Å²) in [6, 6.07) is 14.4. The third-order valence-corrected chi connectivity index (χ3v) is 12.9. The molecule has 1 aromatic heterocycles. The van der Waals surface area contributed by atoms with Crippen molar-refractivity contribution < 1.29 is 71.3 Å². The normalized spacial score (nSPS) is 13.7. The Balaban J connectivity index is 1.55. The molecule has 0 bridgehead atoms. The van der Waals surface area contributed by atoms with Crippen LogP contribution in [-0.2, 0) is 66.0 Å². The zero-order chi connectivity index (χ0) is 49.4. The third kappa shape index (κ3) is 17.1. The van der Waals surface area contributed by atoms with E-state index in [1.165, 1.54) is 43.3 Å². The van der Waals surface area contributed by atoms with Crippen LogP contribution < -0.4 is 15.4 Å². The van der Waals surface area contributed by atoms with Crippen LogP contribution in [0.2, 0.25) is 0 Å². The van der Waals surface area contributed by atoms with Gasteiger partial charge in [0.15, 0.2) is 17.3 Å². The highest BCUT2D eigenvalue weighted by atomic mass is 79.9. The maximum atomic E-state index is 14.4. The largest absolute Gasteiger partial charge is 0.481 e. The van der Waals surface area contributed by atoms with E-state index in [4.69, 9.17) is 0 Å².